The maximum atomic E-state index is 12.2. The SMILES string of the molecule is COc1ccc(OC(F)(F)F)cc1[C@H](N)CC(C)C.Cl. The first-order valence-electron chi connectivity index (χ1n) is 5.92. The van der Waals surface area contributed by atoms with Gasteiger partial charge in [-0.3, -0.25) is 0 Å². The molecule has 116 valence electrons. The van der Waals surface area contributed by atoms with E-state index in [1.807, 2.05) is 13.8 Å². The lowest BCUT2D eigenvalue weighted by Gasteiger charge is -2.19. The Morgan fingerprint density at radius 1 is 1.25 bits per heavy atom. The third kappa shape index (κ3) is 5.88. The molecular formula is C13H19ClF3NO2. The van der Waals surface area contributed by atoms with Gasteiger partial charge in [0.05, 0.1) is 7.11 Å². The van der Waals surface area contributed by atoms with Crippen LogP contribution in [0.15, 0.2) is 18.2 Å². The summed E-state index contributed by atoms with van der Waals surface area (Å²) in [5.74, 6) is 0.497. The molecule has 0 saturated carbocycles. The van der Waals surface area contributed by atoms with Gasteiger partial charge in [-0.05, 0) is 30.5 Å². The van der Waals surface area contributed by atoms with Gasteiger partial charge in [0.2, 0.25) is 0 Å². The highest BCUT2D eigenvalue weighted by atomic mass is 35.5. The number of hydrogen-bond acceptors (Lipinski definition) is 3. The molecule has 0 aromatic heterocycles. The van der Waals surface area contributed by atoms with Crippen LogP contribution in [0, 0.1) is 5.92 Å². The minimum Gasteiger partial charge on any atom is -0.496 e. The molecule has 20 heavy (non-hydrogen) atoms. The minimum atomic E-state index is -4.71. The molecule has 0 aliphatic carbocycles. The van der Waals surface area contributed by atoms with E-state index in [9.17, 15) is 13.2 Å². The van der Waals surface area contributed by atoms with Crippen molar-refractivity contribution in [3.05, 3.63) is 23.8 Å². The van der Waals surface area contributed by atoms with E-state index in [1.54, 1.807) is 0 Å². The number of rotatable bonds is 5. The first kappa shape index (κ1) is 18.9. The van der Waals surface area contributed by atoms with Crippen LogP contribution in [0.5, 0.6) is 11.5 Å². The van der Waals surface area contributed by atoms with Gasteiger partial charge in [0.25, 0.3) is 0 Å². The molecule has 0 fully saturated rings. The molecule has 0 amide bonds. The van der Waals surface area contributed by atoms with Crippen LogP contribution in [0.3, 0.4) is 0 Å². The van der Waals surface area contributed by atoms with Crippen LogP contribution in [-0.2, 0) is 0 Å². The molecule has 0 radical (unpaired) electrons. The van der Waals surface area contributed by atoms with Gasteiger partial charge in [-0.25, -0.2) is 0 Å². The van der Waals surface area contributed by atoms with Gasteiger partial charge >= 0.3 is 6.36 Å². The van der Waals surface area contributed by atoms with E-state index in [0.717, 1.165) is 0 Å². The zero-order valence-electron chi connectivity index (χ0n) is 11.5. The quantitative estimate of drug-likeness (QED) is 0.891. The second-order valence-electron chi connectivity index (χ2n) is 4.69. The molecule has 0 saturated heterocycles. The Hall–Kier alpha value is -1.14. The first-order valence-corrected chi connectivity index (χ1v) is 5.92. The summed E-state index contributed by atoms with van der Waals surface area (Å²) >= 11 is 0. The zero-order chi connectivity index (χ0) is 14.6. The summed E-state index contributed by atoms with van der Waals surface area (Å²) in [5.41, 5.74) is 6.50. The Bertz CT molecular complexity index is 425. The van der Waals surface area contributed by atoms with Gasteiger partial charge in [-0.1, -0.05) is 13.8 Å². The largest absolute Gasteiger partial charge is 0.573 e. The summed E-state index contributed by atoms with van der Waals surface area (Å²) in [6, 6.07) is 3.51. The maximum absolute atomic E-state index is 12.2. The summed E-state index contributed by atoms with van der Waals surface area (Å²) in [4.78, 5) is 0. The fraction of sp³-hybridized carbons (Fsp3) is 0.538. The number of halogens is 4. The van der Waals surface area contributed by atoms with Crippen molar-refractivity contribution >= 4 is 12.4 Å². The molecule has 1 rings (SSSR count). The standard InChI is InChI=1S/C13H18F3NO2.ClH/c1-8(2)6-11(17)10-7-9(19-13(14,15)16)4-5-12(10)18-3;/h4-5,7-8,11H,6,17H2,1-3H3;1H/t11-;/m1./s1. The lowest BCUT2D eigenvalue weighted by atomic mass is 9.97. The summed E-state index contributed by atoms with van der Waals surface area (Å²) in [7, 11) is 1.45. The zero-order valence-corrected chi connectivity index (χ0v) is 12.3. The highest BCUT2D eigenvalue weighted by Gasteiger charge is 2.31. The molecular weight excluding hydrogens is 295 g/mol. The van der Waals surface area contributed by atoms with E-state index in [4.69, 9.17) is 10.5 Å². The summed E-state index contributed by atoms with van der Waals surface area (Å²) in [6.07, 6.45) is -4.07. The van der Waals surface area contributed by atoms with Crippen molar-refractivity contribution in [2.45, 2.75) is 32.7 Å². The summed E-state index contributed by atoms with van der Waals surface area (Å²) in [5, 5.41) is 0. The third-order valence-corrected chi connectivity index (χ3v) is 2.56. The molecule has 1 aromatic rings. The van der Waals surface area contributed by atoms with Gasteiger partial charge < -0.3 is 15.2 Å². The molecule has 1 atom stereocenters. The fourth-order valence-electron chi connectivity index (χ4n) is 1.83. The van der Waals surface area contributed by atoms with Gasteiger partial charge in [0.15, 0.2) is 0 Å². The lowest BCUT2D eigenvalue weighted by Crippen LogP contribution is -2.18. The van der Waals surface area contributed by atoms with Crippen LogP contribution in [0.25, 0.3) is 0 Å². The fourth-order valence-corrected chi connectivity index (χ4v) is 1.83. The van der Waals surface area contributed by atoms with Crippen LogP contribution in [0.2, 0.25) is 0 Å². The molecule has 0 unspecified atom stereocenters. The van der Waals surface area contributed by atoms with Gasteiger partial charge in [-0.15, -0.1) is 25.6 Å². The van der Waals surface area contributed by atoms with E-state index in [-0.39, 0.29) is 18.2 Å². The second-order valence-corrected chi connectivity index (χ2v) is 4.69. The predicted octanol–water partition coefficient (Wildman–Crippen LogP) is 4.06. The van der Waals surface area contributed by atoms with Crippen molar-refractivity contribution < 1.29 is 22.6 Å². The minimum absolute atomic E-state index is 0. The maximum Gasteiger partial charge on any atom is 0.573 e. The smallest absolute Gasteiger partial charge is 0.496 e. The molecule has 7 heteroatoms. The third-order valence-electron chi connectivity index (χ3n) is 2.56. The molecule has 0 spiro atoms. The van der Waals surface area contributed by atoms with Crippen LogP contribution in [0.1, 0.15) is 31.9 Å². The number of benzene rings is 1. The molecule has 0 bridgehead atoms. The van der Waals surface area contributed by atoms with Crippen LogP contribution < -0.4 is 15.2 Å². The predicted molar refractivity (Wildman–Crippen MR) is 73.3 cm³/mol. The van der Waals surface area contributed by atoms with Gasteiger partial charge in [-0.2, -0.15) is 0 Å². The number of ether oxygens (including phenoxy) is 2. The van der Waals surface area contributed by atoms with Crippen LogP contribution in [0.4, 0.5) is 13.2 Å². The number of nitrogens with two attached hydrogens (primary N) is 1. The number of alkyl halides is 3. The van der Waals surface area contributed by atoms with Gasteiger partial charge in [0.1, 0.15) is 11.5 Å². The molecule has 0 heterocycles. The Morgan fingerprint density at radius 3 is 2.30 bits per heavy atom. The average Bonchev–Trinajstić information content (AvgIpc) is 2.25. The van der Waals surface area contributed by atoms with E-state index in [1.165, 1.54) is 25.3 Å². The highest BCUT2D eigenvalue weighted by Crippen LogP contribution is 2.33. The second kappa shape index (κ2) is 7.59. The van der Waals surface area contributed by atoms with Crippen molar-refractivity contribution in [3.63, 3.8) is 0 Å². The van der Waals surface area contributed by atoms with E-state index >= 15 is 0 Å². The number of hydrogen-bond donors (Lipinski definition) is 1. The van der Waals surface area contributed by atoms with E-state index in [0.29, 0.717) is 23.7 Å². The van der Waals surface area contributed by atoms with Gasteiger partial charge in [0, 0.05) is 11.6 Å². The molecule has 0 aliphatic rings. The topological polar surface area (TPSA) is 44.5 Å². The van der Waals surface area contributed by atoms with Crippen molar-refractivity contribution in [1.82, 2.24) is 0 Å². The van der Waals surface area contributed by atoms with E-state index in [2.05, 4.69) is 4.74 Å². The molecule has 0 aliphatic heterocycles. The Labute approximate surface area is 122 Å². The summed E-state index contributed by atoms with van der Waals surface area (Å²) < 4.78 is 45.5. The normalized spacial score (nSPS) is 12.8. The van der Waals surface area contributed by atoms with Crippen molar-refractivity contribution in [3.8, 4) is 11.5 Å². The van der Waals surface area contributed by atoms with Crippen molar-refractivity contribution in [2.24, 2.45) is 11.7 Å². The Morgan fingerprint density at radius 2 is 1.85 bits per heavy atom. The Balaban J connectivity index is 0.00000361. The monoisotopic (exact) mass is 313 g/mol. The average molecular weight is 314 g/mol. The summed E-state index contributed by atoms with van der Waals surface area (Å²) in [6.45, 7) is 3.98. The highest BCUT2D eigenvalue weighted by molar-refractivity contribution is 5.85. The van der Waals surface area contributed by atoms with Crippen molar-refractivity contribution in [1.29, 1.82) is 0 Å². The Kier molecular flexibility index (Phi) is 7.16. The van der Waals surface area contributed by atoms with Crippen LogP contribution in [-0.4, -0.2) is 13.5 Å². The molecule has 3 nitrogen and oxygen atoms in total. The van der Waals surface area contributed by atoms with Crippen LogP contribution >= 0.6 is 12.4 Å². The van der Waals surface area contributed by atoms with Crippen molar-refractivity contribution in [2.75, 3.05) is 7.11 Å². The van der Waals surface area contributed by atoms with E-state index < -0.39 is 12.4 Å². The molecule has 1 aromatic carbocycles. The number of methoxy groups -OCH3 is 1. The first-order chi connectivity index (χ1) is 8.73. The lowest BCUT2D eigenvalue weighted by molar-refractivity contribution is -0.274. The molecule has 2 N–H and O–H groups in total.